The molecule has 25 heavy (non-hydrogen) atoms. The summed E-state index contributed by atoms with van der Waals surface area (Å²) in [4.78, 5) is 57.4. The third-order valence-electron chi connectivity index (χ3n) is 3.47. The van der Waals surface area contributed by atoms with Crippen LogP contribution >= 0.6 is 0 Å². The van der Waals surface area contributed by atoms with Crippen molar-refractivity contribution >= 4 is 29.6 Å². The molecule has 3 unspecified atom stereocenters. The van der Waals surface area contributed by atoms with E-state index in [2.05, 4.69) is 16.0 Å². The van der Waals surface area contributed by atoms with Gasteiger partial charge in [0.05, 0.1) is 19.5 Å². The highest BCUT2D eigenvalue weighted by Gasteiger charge is 2.30. The molecule has 0 rings (SSSR count). The number of primary amides is 1. The number of aliphatic carboxylic acids is 1. The number of carbonyl (C=O) groups is 5. The topological polar surface area (TPSA) is 194 Å². The van der Waals surface area contributed by atoms with Crippen LogP contribution < -0.4 is 27.4 Å². The molecule has 3 atom stereocenters. The number of hydrogen-bond acceptors (Lipinski definition) is 6. The van der Waals surface area contributed by atoms with Crippen LogP contribution in [-0.2, 0) is 24.0 Å². The van der Waals surface area contributed by atoms with Gasteiger partial charge in [-0.05, 0) is 5.92 Å². The molecule has 8 N–H and O–H groups in total. The van der Waals surface area contributed by atoms with Crippen molar-refractivity contribution in [1.29, 1.82) is 0 Å². The Morgan fingerprint density at radius 1 is 1.08 bits per heavy atom. The van der Waals surface area contributed by atoms with Crippen molar-refractivity contribution in [2.75, 3.05) is 13.1 Å². The summed E-state index contributed by atoms with van der Waals surface area (Å²) in [5.41, 5.74) is 10.1. The third-order valence-corrected chi connectivity index (χ3v) is 3.47. The molecule has 0 aromatic heterocycles. The Labute approximate surface area is 144 Å². The summed E-state index contributed by atoms with van der Waals surface area (Å²) in [6.45, 7) is 2.64. The van der Waals surface area contributed by atoms with E-state index in [1.54, 1.807) is 13.8 Å². The monoisotopic (exact) mass is 359 g/mol. The Balaban J connectivity index is 4.96. The average molecular weight is 359 g/mol. The minimum Gasteiger partial charge on any atom is -0.480 e. The summed E-state index contributed by atoms with van der Waals surface area (Å²) in [5.74, 6) is -4.64. The molecule has 0 aliphatic carbocycles. The maximum absolute atomic E-state index is 12.2. The molecule has 0 bridgehead atoms. The lowest BCUT2D eigenvalue weighted by Crippen LogP contribution is -2.55. The van der Waals surface area contributed by atoms with E-state index in [1.165, 1.54) is 0 Å². The molecule has 142 valence electrons. The summed E-state index contributed by atoms with van der Waals surface area (Å²) in [6.07, 6.45) is -0.0233. The zero-order valence-electron chi connectivity index (χ0n) is 14.2. The fraction of sp³-hybridized carbons (Fsp3) is 0.643. The van der Waals surface area contributed by atoms with E-state index in [1.807, 2.05) is 0 Å². The van der Waals surface area contributed by atoms with Crippen molar-refractivity contribution in [3.63, 3.8) is 0 Å². The first-order valence-corrected chi connectivity index (χ1v) is 7.69. The molecule has 0 spiro atoms. The van der Waals surface area contributed by atoms with Crippen LogP contribution in [0.25, 0.3) is 0 Å². The smallest absolute Gasteiger partial charge is 0.326 e. The van der Waals surface area contributed by atoms with Crippen LogP contribution in [0, 0.1) is 5.92 Å². The van der Waals surface area contributed by atoms with Crippen LogP contribution in [0.1, 0.15) is 26.7 Å². The van der Waals surface area contributed by atoms with Gasteiger partial charge >= 0.3 is 5.97 Å². The van der Waals surface area contributed by atoms with Gasteiger partial charge in [0.25, 0.3) is 0 Å². The summed E-state index contributed by atoms with van der Waals surface area (Å²) in [6, 6.07) is -2.53. The van der Waals surface area contributed by atoms with E-state index in [-0.39, 0.29) is 12.5 Å². The molecule has 0 aromatic rings. The number of amides is 4. The number of hydrogen-bond donors (Lipinski definition) is 6. The summed E-state index contributed by atoms with van der Waals surface area (Å²) < 4.78 is 0. The number of rotatable bonds is 11. The summed E-state index contributed by atoms with van der Waals surface area (Å²) in [7, 11) is 0. The molecule has 0 saturated carbocycles. The minimum atomic E-state index is -1.36. The second-order valence-corrected chi connectivity index (χ2v) is 5.48. The van der Waals surface area contributed by atoms with Crippen molar-refractivity contribution in [1.82, 2.24) is 16.0 Å². The Morgan fingerprint density at radius 2 is 1.68 bits per heavy atom. The van der Waals surface area contributed by atoms with Gasteiger partial charge in [0.1, 0.15) is 12.1 Å². The van der Waals surface area contributed by atoms with Gasteiger partial charge in [0.15, 0.2) is 0 Å². The zero-order valence-corrected chi connectivity index (χ0v) is 14.2. The lowest BCUT2D eigenvalue weighted by atomic mass is 9.98. The van der Waals surface area contributed by atoms with Crippen molar-refractivity contribution in [2.24, 2.45) is 17.4 Å². The summed E-state index contributed by atoms with van der Waals surface area (Å²) >= 11 is 0. The lowest BCUT2D eigenvalue weighted by Gasteiger charge is -2.23. The molecular formula is C14H25N5O6. The van der Waals surface area contributed by atoms with Gasteiger partial charge < -0.3 is 32.5 Å². The van der Waals surface area contributed by atoms with Crippen LogP contribution in [0.4, 0.5) is 0 Å². The fourth-order valence-electron chi connectivity index (χ4n) is 1.84. The Kier molecular flexibility index (Phi) is 9.79. The van der Waals surface area contributed by atoms with Crippen LogP contribution in [0.5, 0.6) is 0 Å². The number of carboxylic acids is 1. The number of nitrogens with two attached hydrogens (primary N) is 2. The second-order valence-electron chi connectivity index (χ2n) is 5.48. The highest BCUT2D eigenvalue weighted by Crippen LogP contribution is 2.08. The van der Waals surface area contributed by atoms with E-state index in [4.69, 9.17) is 11.5 Å². The fourth-order valence-corrected chi connectivity index (χ4v) is 1.84. The molecule has 0 heterocycles. The van der Waals surface area contributed by atoms with Crippen LogP contribution in [-0.4, -0.2) is 59.9 Å². The zero-order chi connectivity index (χ0) is 19.6. The van der Waals surface area contributed by atoms with E-state index in [0.717, 1.165) is 0 Å². The van der Waals surface area contributed by atoms with Crippen molar-refractivity contribution < 1.29 is 29.1 Å². The standard InChI is InChI=1S/C14H25N5O6/c1-3-7(2)12(14(24)25)19-13(23)8(4-9(16)20)18-11(22)6-17-10(21)5-15/h7-8,12H,3-6,15H2,1-2H3,(H2,16,20)(H,17,21)(H,18,22)(H,19,23)(H,24,25). The Morgan fingerprint density at radius 3 is 2.12 bits per heavy atom. The van der Waals surface area contributed by atoms with Crippen molar-refractivity contribution in [3.8, 4) is 0 Å². The predicted molar refractivity (Wildman–Crippen MR) is 86.8 cm³/mol. The molecular weight excluding hydrogens is 334 g/mol. The van der Waals surface area contributed by atoms with Crippen LogP contribution in [0.15, 0.2) is 0 Å². The van der Waals surface area contributed by atoms with E-state index >= 15 is 0 Å². The van der Waals surface area contributed by atoms with Crippen LogP contribution in [0.3, 0.4) is 0 Å². The van der Waals surface area contributed by atoms with Gasteiger partial charge in [-0.1, -0.05) is 20.3 Å². The number of carboxylic acid groups (broad SMARTS) is 1. The quantitative estimate of drug-likeness (QED) is 0.227. The maximum Gasteiger partial charge on any atom is 0.326 e. The lowest BCUT2D eigenvalue weighted by molar-refractivity contribution is -0.143. The Hall–Kier alpha value is -2.69. The first-order valence-electron chi connectivity index (χ1n) is 7.69. The van der Waals surface area contributed by atoms with Gasteiger partial charge in [-0.2, -0.15) is 0 Å². The van der Waals surface area contributed by atoms with E-state index in [9.17, 15) is 29.1 Å². The molecule has 0 saturated heterocycles. The molecule has 4 amide bonds. The summed E-state index contributed by atoms with van der Waals surface area (Å²) in [5, 5.41) is 15.9. The average Bonchev–Trinajstić information content (AvgIpc) is 2.55. The molecule has 11 nitrogen and oxygen atoms in total. The molecule has 0 radical (unpaired) electrons. The van der Waals surface area contributed by atoms with Crippen LogP contribution in [0.2, 0.25) is 0 Å². The molecule has 0 aliphatic heterocycles. The number of carbonyl (C=O) groups excluding carboxylic acids is 4. The molecule has 0 aromatic carbocycles. The molecule has 0 aliphatic rings. The first kappa shape index (κ1) is 22.3. The Bertz CT molecular complexity index is 524. The van der Waals surface area contributed by atoms with E-state index in [0.29, 0.717) is 6.42 Å². The molecule has 0 fully saturated rings. The highest BCUT2D eigenvalue weighted by atomic mass is 16.4. The van der Waals surface area contributed by atoms with Gasteiger partial charge in [0, 0.05) is 0 Å². The largest absolute Gasteiger partial charge is 0.480 e. The van der Waals surface area contributed by atoms with Crippen molar-refractivity contribution in [2.45, 2.75) is 38.8 Å². The first-order chi connectivity index (χ1) is 11.6. The highest BCUT2D eigenvalue weighted by molar-refractivity contribution is 5.94. The predicted octanol–water partition coefficient (Wildman–Crippen LogP) is -2.96. The van der Waals surface area contributed by atoms with Gasteiger partial charge in [0.2, 0.25) is 23.6 Å². The van der Waals surface area contributed by atoms with E-state index < -0.39 is 54.6 Å². The van der Waals surface area contributed by atoms with Gasteiger partial charge in [-0.15, -0.1) is 0 Å². The van der Waals surface area contributed by atoms with Crippen molar-refractivity contribution in [3.05, 3.63) is 0 Å². The third kappa shape index (κ3) is 8.65. The number of nitrogens with one attached hydrogen (secondary N) is 3. The normalized spacial score (nSPS) is 13.9. The van der Waals surface area contributed by atoms with Gasteiger partial charge in [-0.25, -0.2) is 4.79 Å². The SMILES string of the molecule is CCC(C)C(NC(=O)C(CC(N)=O)NC(=O)CNC(=O)CN)C(=O)O. The molecule has 11 heteroatoms. The minimum absolute atomic E-state index is 0.312. The second kappa shape index (κ2) is 11.0. The maximum atomic E-state index is 12.2. The van der Waals surface area contributed by atoms with Gasteiger partial charge in [-0.3, -0.25) is 19.2 Å².